The third-order valence-electron chi connectivity index (χ3n) is 1.90. The minimum absolute atomic E-state index is 0. The maximum absolute atomic E-state index is 13.0. The van der Waals surface area contributed by atoms with E-state index in [1.165, 1.54) is 13.0 Å². The summed E-state index contributed by atoms with van der Waals surface area (Å²) >= 11 is 0. The maximum Gasteiger partial charge on any atom is 1.00 e. The van der Waals surface area contributed by atoms with E-state index in [4.69, 9.17) is 4.74 Å². The summed E-state index contributed by atoms with van der Waals surface area (Å²) in [5.41, 5.74) is 0. The Morgan fingerprint density at radius 3 is 1.94 bits per heavy atom. The Balaban J connectivity index is 0.00000225. The zero-order valence-electron chi connectivity index (χ0n) is 8.51. The van der Waals surface area contributed by atoms with E-state index in [9.17, 15) is 17.6 Å². The molecule has 0 aromatic heterocycles. The Bertz CT molecular complexity index is 344. The Kier molecular flexibility index (Phi) is 6.07. The molecule has 1 aromatic rings. The van der Waals surface area contributed by atoms with Crippen molar-refractivity contribution in [2.75, 3.05) is 0 Å². The van der Waals surface area contributed by atoms with Gasteiger partial charge >= 0.3 is 22.4 Å². The Morgan fingerprint density at radius 1 is 1.12 bits per heavy atom. The molecule has 0 amide bonds. The minimum atomic E-state index is -1.59. The zero-order valence-corrected chi connectivity index (χ0v) is 10.7. The molecule has 94 valence electrons. The van der Waals surface area contributed by atoms with Crippen molar-refractivity contribution < 1.29 is 44.7 Å². The molecule has 0 saturated carbocycles. The van der Waals surface area contributed by atoms with E-state index >= 15 is 0 Å². The first kappa shape index (κ1) is 15.5. The van der Waals surface area contributed by atoms with Crippen molar-refractivity contribution in [3.63, 3.8) is 0 Å². The molecule has 0 heterocycles. The molecule has 1 atom stereocenters. The summed E-state index contributed by atoms with van der Waals surface area (Å²) in [7, 11) is 0. The maximum atomic E-state index is 13.0. The molecule has 0 aliphatic heterocycles. The quantitative estimate of drug-likeness (QED) is 0.317. The molecule has 0 saturated heterocycles. The predicted octanol–water partition coefficient (Wildman–Crippen LogP) is 3.22. The molecular formula is C10H9AuF4O. The smallest absolute Gasteiger partial charge is 0.510 e. The first-order valence-corrected chi connectivity index (χ1v) is 4.39. The second-order valence-corrected chi connectivity index (χ2v) is 3.05. The first-order chi connectivity index (χ1) is 6.97. The van der Waals surface area contributed by atoms with Crippen LogP contribution in [0, 0.1) is 29.3 Å². The number of benzene rings is 1. The molecule has 16 heavy (non-hydrogen) atoms. The van der Waals surface area contributed by atoms with Crippen LogP contribution in [0.2, 0.25) is 0 Å². The van der Waals surface area contributed by atoms with Crippen LogP contribution in [-0.2, 0) is 22.4 Å². The summed E-state index contributed by atoms with van der Waals surface area (Å²) in [6.45, 7) is 3.24. The van der Waals surface area contributed by atoms with Gasteiger partial charge in [-0.05, 0) is 13.3 Å². The van der Waals surface area contributed by atoms with Crippen molar-refractivity contribution in [3.8, 4) is 5.75 Å². The van der Waals surface area contributed by atoms with Crippen LogP contribution < -0.4 is 4.74 Å². The van der Waals surface area contributed by atoms with E-state index in [1.54, 1.807) is 6.92 Å². The molecule has 1 rings (SSSR count). The molecule has 1 aromatic carbocycles. The fourth-order valence-corrected chi connectivity index (χ4v) is 0.890. The van der Waals surface area contributed by atoms with E-state index in [0.29, 0.717) is 6.42 Å². The Hall–Kier alpha value is -0.520. The molecule has 0 spiro atoms. The van der Waals surface area contributed by atoms with Gasteiger partial charge in [0.25, 0.3) is 0 Å². The van der Waals surface area contributed by atoms with Crippen LogP contribution in [0.5, 0.6) is 5.75 Å². The summed E-state index contributed by atoms with van der Waals surface area (Å²) in [5, 5.41) is 0. The van der Waals surface area contributed by atoms with Gasteiger partial charge in [0, 0.05) is 0 Å². The van der Waals surface area contributed by atoms with Crippen molar-refractivity contribution in [1.82, 2.24) is 0 Å². The van der Waals surface area contributed by atoms with Crippen molar-refractivity contribution in [2.24, 2.45) is 0 Å². The number of hydrogen-bond donors (Lipinski definition) is 0. The second-order valence-electron chi connectivity index (χ2n) is 3.05. The van der Waals surface area contributed by atoms with Gasteiger partial charge in [-0.3, -0.25) is 8.78 Å². The fraction of sp³-hybridized carbons (Fsp3) is 0.400. The molecule has 0 unspecified atom stereocenters. The van der Waals surface area contributed by atoms with Crippen LogP contribution in [0.15, 0.2) is 0 Å². The summed E-state index contributed by atoms with van der Waals surface area (Å²) in [6.07, 6.45) is -0.0732. The number of ether oxygens (including phenoxy) is 1. The standard InChI is InChI=1S/C10H9F4O.Au/c1-3-5(2)15-10-8(13)6(11)4-7(12)9(10)14;/h5H,3H2,1-2H3;/q-1;+1/t5-;/m1./s1. The van der Waals surface area contributed by atoms with Gasteiger partial charge in [-0.1, -0.05) is 6.92 Å². The van der Waals surface area contributed by atoms with Crippen LogP contribution in [-0.4, -0.2) is 6.10 Å². The van der Waals surface area contributed by atoms with Gasteiger partial charge < -0.3 is 4.74 Å². The van der Waals surface area contributed by atoms with Crippen molar-refractivity contribution in [2.45, 2.75) is 26.4 Å². The summed E-state index contributed by atoms with van der Waals surface area (Å²) in [5.74, 6) is -7.33. The van der Waals surface area contributed by atoms with Gasteiger partial charge in [-0.25, -0.2) is 8.78 Å². The first-order valence-electron chi connectivity index (χ1n) is 4.39. The van der Waals surface area contributed by atoms with E-state index in [0.717, 1.165) is 0 Å². The Morgan fingerprint density at radius 2 is 1.56 bits per heavy atom. The van der Waals surface area contributed by atoms with Crippen LogP contribution in [0.4, 0.5) is 17.6 Å². The van der Waals surface area contributed by atoms with Gasteiger partial charge in [0.05, 0.1) is 35.1 Å². The van der Waals surface area contributed by atoms with Gasteiger partial charge in [-0.2, -0.15) is 0 Å². The summed E-state index contributed by atoms with van der Waals surface area (Å²) in [6, 6.07) is 1.28. The van der Waals surface area contributed by atoms with Crippen molar-refractivity contribution in [3.05, 3.63) is 29.3 Å². The Labute approximate surface area is 106 Å². The van der Waals surface area contributed by atoms with Crippen molar-refractivity contribution >= 4 is 0 Å². The minimum Gasteiger partial charge on any atom is -0.510 e. The van der Waals surface area contributed by atoms with Gasteiger partial charge in [0.2, 0.25) is 0 Å². The predicted molar refractivity (Wildman–Crippen MR) is 45.5 cm³/mol. The van der Waals surface area contributed by atoms with Gasteiger partial charge in [0.15, 0.2) is 0 Å². The van der Waals surface area contributed by atoms with E-state index in [1.807, 2.05) is 0 Å². The largest absolute Gasteiger partial charge is 1.00 e. The molecule has 0 aliphatic rings. The van der Waals surface area contributed by atoms with Gasteiger partial charge in [-0.15, -0.1) is 6.07 Å². The monoisotopic (exact) mass is 418 g/mol. The molecule has 0 bridgehead atoms. The average Bonchev–Trinajstić information content (AvgIpc) is 2.21. The SMILES string of the molecule is CC[C@@H](C)Oc1c(F)c(F)[c-]c(F)c1F.[Au+]. The van der Waals surface area contributed by atoms with E-state index < -0.39 is 35.1 Å². The van der Waals surface area contributed by atoms with E-state index in [-0.39, 0.29) is 22.4 Å². The van der Waals surface area contributed by atoms with Crippen LogP contribution >= 0.6 is 0 Å². The number of hydrogen-bond acceptors (Lipinski definition) is 1. The van der Waals surface area contributed by atoms with Crippen LogP contribution in [0.3, 0.4) is 0 Å². The zero-order chi connectivity index (χ0) is 11.6. The molecule has 0 fully saturated rings. The van der Waals surface area contributed by atoms with Crippen LogP contribution in [0.1, 0.15) is 20.3 Å². The number of rotatable bonds is 3. The molecule has 0 N–H and O–H groups in total. The number of halogens is 4. The summed E-state index contributed by atoms with van der Waals surface area (Å²) < 4.78 is 56.1. The second kappa shape index (κ2) is 6.27. The molecule has 0 radical (unpaired) electrons. The molecule has 1 nitrogen and oxygen atoms in total. The normalized spacial score (nSPS) is 11.9. The van der Waals surface area contributed by atoms with Gasteiger partial charge in [0.1, 0.15) is 0 Å². The third-order valence-corrected chi connectivity index (χ3v) is 1.90. The molecule has 6 heteroatoms. The van der Waals surface area contributed by atoms with Crippen molar-refractivity contribution in [1.29, 1.82) is 0 Å². The van der Waals surface area contributed by atoms with E-state index in [2.05, 4.69) is 0 Å². The fourth-order valence-electron chi connectivity index (χ4n) is 0.890. The third kappa shape index (κ3) is 3.23. The summed E-state index contributed by atoms with van der Waals surface area (Å²) in [4.78, 5) is 0. The van der Waals surface area contributed by atoms with Crippen LogP contribution in [0.25, 0.3) is 0 Å². The molecule has 0 aliphatic carbocycles. The average molecular weight is 418 g/mol. The molecular weight excluding hydrogens is 409 g/mol. The topological polar surface area (TPSA) is 9.23 Å².